The SMILES string of the molecule is CC(O)c1ccc(N)c(N)c1. The maximum Gasteiger partial charge on any atom is 0.0762 e. The van der Waals surface area contributed by atoms with Gasteiger partial charge in [-0.3, -0.25) is 0 Å². The van der Waals surface area contributed by atoms with Gasteiger partial charge in [0, 0.05) is 0 Å². The Bertz CT molecular complexity index is 258. The summed E-state index contributed by atoms with van der Waals surface area (Å²) in [6.07, 6.45) is -0.488. The summed E-state index contributed by atoms with van der Waals surface area (Å²) in [4.78, 5) is 0. The van der Waals surface area contributed by atoms with Crippen LogP contribution in [0.4, 0.5) is 11.4 Å². The topological polar surface area (TPSA) is 72.3 Å². The van der Waals surface area contributed by atoms with E-state index in [1.54, 1.807) is 25.1 Å². The van der Waals surface area contributed by atoms with Gasteiger partial charge in [0.05, 0.1) is 17.5 Å². The minimum atomic E-state index is -0.488. The number of anilines is 2. The van der Waals surface area contributed by atoms with E-state index in [1.165, 1.54) is 0 Å². The van der Waals surface area contributed by atoms with Crippen LogP contribution in [0.5, 0.6) is 0 Å². The Labute approximate surface area is 65.6 Å². The first-order chi connectivity index (χ1) is 5.11. The van der Waals surface area contributed by atoms with E-state index in [1.807, 2.05) is 0 Å². The largest absolute Gasteiger partial charge is 0.397 e. The standard InChI is InChI=1S/C8H12N2O/c1-5(11)6-2-3-7(9)8(10)4-6/h2-5,11H,9-10H2,1H3. The first-order valence-corrected chi connectivity index (χ1v) is 3.44. The van der Waals surface area contributed by atoms with Crippen LogP contribution in [-0.4, -0.2) is 5.11 Å². The predicted octanol–water partition coefficient (Wildman–Crippen LogP) is 0.904. The molecule has 11 heavy (non-hydrogen) atoms. The highest BCUT2D eigenvalue weighted by Crippen LogP contribution is 2.20. The third-order valence-electron chi connectivity index (χ3n) is 1.59. The Morgan fingerprint density at radius 3 is 2.36 bits per heavy atom. The molecule has 0 saturated heterocycles. The fraction of sp³-hybridized carbons (Fsp3) is 0.250. The van der Waals surface area contributed by atoms with E-state index in [4.69, 9.17) is 16.6 Å². The maximum absolute atomic E-state index is 9.14. The van der Waals surface area contributed by atoms with Crippen LogP contribution in [-0.2, 0) is 0 Å². The maximum atomic E-state index is 9.14. The molecule has 1 rings (SSSR count). The highest BCUT2D eigenvalue weighted by Gasteiger charge is 2.01. The lowest BCUT2D eigenvalue weighted by atomic mass is 10.1. The van der Waals surface area contributed by atoms with Crippen molar-refractivity contribution in [2.45, 2.75) is 13.0 Å². The van der Waals surface area contributed by atoms with Gasteiger partial charge in [0.15, 0.2) is 0 Å². The molecule has 0 aliphatic carbocycles. The number of benzene rings is 1. The van der Waals surface area contributed by atoms with Crippen molar-refractivity contribution in [2.75, 3.05) is 11.5 Å². The number of hydrogen-bond acceptors (Lipinski definition) is 3. The van der Waals surface area contributed by atoms with Gasteiger partial charge < -0.3 is 16.6 Å². The van der Waals surface area contributed by atoms with Gasteiger partial charge in [0.1, 0.15) is 0 Å². The minimum Gasteiger partial charge on any atom is -0.397 e. The number of rotatable bonds is 1. The molecule has 1 unspecified atom stereocenters. The number of hydrogen-bond donors (Lipinski definition) is 3. The zero-order valence-corrected chi connectivity index (χ0v) is 6.41. The lowest BCUT2D eigenvalue weighted by Crippen LogP contribution is -1.97. The molecule has 0 bridgehead atoms. The molecule has 60 valence electrons. The van der Waals surface area contributed by atoms with Gasteiger partial charge in [0.25, 0.3) is 0 Å². The van der Waals surface area contributed by atoms with E-state index < -0.39 is 6.10 Å². The van der Waals surface area contributed by atoms with Crippen LogP contribution in [0, 0.1) is 0 Å². The number of nitrogen functional groups attached to an aromatic ring is 2. The molecule has 0 aliphatic heterocycles. The molecular formula is C8H12N2O. The zero-order valence-electron chi connectivity index (χ0n) is 6.41. The molecule has 0 aliphatic rings. The Balaban J connectivity index is 3.05. The quantitative estimate of drug-likeness (QED) is 0.523. The molecule has 1 aromatic rings. The van der Waals surface area contributed by atoms with Crippen LogP contribution in [0.2, 0.25) is 0 Å². The molecule has 3 nitrogen and oxygen atoms in total. The summed E-state index contributed by atoms with van der Waals surface area (Å²) in [5, 5.41) is 9.14. The van der Waals surface area contributed by atoms with Crippen LogP contribution in [0.15, 0.2) is 18.2 Å². The zero-order chi connectivity index (χ0) is 8.43. The summed E-state index contributed by atoms with van der Waals surface area (Å²) in [6, 6.07) is 5.13. The molecule has 0 spiro atoms. The highest BCUT2D eigenvalue weighted by molar-refractivity contribution is 5.64. The van der Waals surface area contributed by atoms with Crippen molar-refractivity contribution in [1.82, 2.24) is 0 Å². The first kappa shape index (κ1) is 7.88. The van der Waals surface area contributed by atoms with Gasteiger partial charge in [-0.25, -0.2) is 0 Å². The van der Waals surface area contributed by atoms with Gasteiger partial charge in [-0.1, -0.05) is 6.07 Å². The van der Waals surface area contributed by atoms with Crippen molar-refractivity contribution in [3.05, 3.63) is 23.8 Å². The Kier molecular flexibility index (Phi) is 2.01. The molecule has 0 aromatic heterocycles. The molecule has 5 N–H and O–H groups in total. The van der Waals surface area contributed by atoms with Crippen molar-refractivity contribution in [2.24, 2.45) is 0 Å². The van der Waals surface area contributed by atoms with E-state index in [0.717, 1.165) is 5.56 Å². The van der Waals surface area contributed by atoms with Crippen LogP contribution >= 0.6 is 0 Å². The summed E-state index contributed by atoms with van der Waals surface area (Å²) in [5.74, 6) is 0. The average Bonchev–Trinajstić information content (AvgIpc) is 1.94. The smallest absolute Gasteiger partial charge is 0.0762 e. The van der Waals surface area contributed by atoms with Gasteiger partial charge in [-0.05, 0) is 24.6 Å². The molecule has 0 heterocycles. The lowest BCUT2D eigenvalue weighted by Gasteiger charge is -2.06. The molecule has 1 aromatic carbocycles. The van der Waals surface area contributed by atoms with Crippen molar-refractivity contribution in [1.29, 1.82) is 0 Å². The van der Waals surface area contributed by atoms with E-state index >= 15 is 0 Å². The van der Waals surface area contributed by atoms with Crippen LogP contribution in [0.1, 0.15) is 18.6 Å². The number of aliphatic hydroxyl groups is 1. The van der Waals surface area contributed by atoms with E-state index in [0.29, 0.717) is 11.4 Å². The minimum absolute atomic E-state index is 0.488. The second-order valence-corrected chi connectivity index (χ2v) is 2.56. The fourth-order valence-corrected chi connectivity index (χ4v) is 0.853. The summed E-state index contributed by atoms with van der Waals surface area (Å²) < 4.78 is 0. The van der Waals surface area contributed by atoms with Crippen molar-refractivity contribution >= 4 is 11.4 Å². The first-order valence-electron chi connectivity index (χ1n) is 3.44. The van der Waals surface area contributed by atoms with E-state index in [2.05, 4.69) is 0 Å². The van der Waals surface area contributed by atoms with E-state index in [9.17, 15) is 0 Å². The molecule has 0 amide bonds. The molecule has 1 atom stereocenters. The molecular weight excluding hydrogens is 140 g/mol. The highest BCUT2D eigenvalue weighted by atomic mass is 16.3. The number of nitrogens with two attached hydrogens (primary N) is 2. The van der Waals surface area contributed by atoms with Crippen LogP contribution < -0.4 is 11.5 Å². The molecule has 3 heteroatoms. The third-order valence-corrected chi connectivity index (χ3v) is 1.59. The van der Waals surface area contributed by atoms with Crippen molar-refractivity contribution in [3.8, 4) is 0 Å². The Morgan fingerprint density at radius 2 is 1.91 bits per heavy atom. The summed E-state index contributed by atoms with van der Waals surface area (Å²) in [5.41, 5.74) is 12.9. The van der Waals surface area contributed by atoms with Gasteiger partial charge in [-0.2, -0.15) is 0 Å². The molecule has 0 saturated carbocycles. The van der Waals surface area contributed by atoms with Gasteiger partial charge in [-0.15, -0.1) is 0 Å². The summed E-state index contributed by atoms with van der Waals surface area (Å²) in [7, 11) is 0. The second-order valence-electron chi connectivity index (χ2n) is 2.56. The van der Waals surface area contributed by atoms with Gasteiger partial charge in [0.2, 0.25) is 0 Å². The summed E-state index contributed by atoms with van der Waals surface area (Å²) in [6.45, 7) is 1.69. The molecule has 0 radical (unpaired) electrons. The Hall–Kier alpha value is -1.22. The van der Waals surface area contributed by atoms with E-state index in [-0.39, 0.29) is 0 Å². The van der Waals surface area contributed by atoms with Crippen molar-refractivity contribution < 1.29 is 5.11 Å². The third kappa shape index (κ3) is 1.62. The molecule has 0 fully saturated rings. The number of aliphatic hydroxyl groups excluding tert-OH is 1. The normalized spacial score (nSPS) is 12.9. The summed E-state index contributed by atoms with van der Waals surface area (Å²) >= 11 is 0. The fourth-order valence-electron chi connectivity index (χ4n) is 0.853. The predicted molar refractivity (Wildman–Crippen MR) is 45.9 cm³/mol. The monoisotopic (exact) mass is 152 g/mol. The van der Waals surface area contributed by atoms with Crippen LogP contribution in [0.25, 0.3) is 0 Å². The second kappa shape index (κ2) is 2.80. The van der Waals surface area contributed by atoms with Gasteiger partial charge >= 0.3 is 0 Å². The Morgan fingerprint density at radius 1 is 1.27 bits per heavy atom. The van der Waals surface area contributed by atoms with Crippen LogP contribution in [0.3, 0.4) is 0 Å². The average molecular weight is 152 g/mol. The lowest BCUT2D eigenvalue weighted by molar-refractivity contribution is 0.199. The van der Waals surface area contributed by atoms with Crippen molar-refractivity contribution in [3.63, 3.8) is 0 Å².